The molecule has 0 unspecified atom stereocenters. The Labute approximate surface area is 188 Å². The van der Waals surface area contributed by atoms with Crippen molar-refractivity contribution >= 4 is 16.9 Å². The number of hydrogen-bond donors (Lipinski definition) is 4. The molecular weight excluding hydrogens is 426 g/mol. The second kappa shape index (κ2) is 9.07. The molecule has 0 saturated carbocycles. The summed E-state index contributed by atoms with van der Waals surface area (Å²) >= 11 is 0. The van der Waals surface area contributed by atoms with Gasteiger partial charge in [-0.25, -0.2) is 4.98 Å². The third-order valence-corrected chi connectivity index (χ3v) is 5.28. The number of para-hydroxylation sites is 2. The topological polar surface area (TPSA) is 138 Å². The van der Waals surface area contributed by atoms with Crippen molar-refractivity contribution in [1.29, 1.82) is 0 Å². The Bertz CT molecular complexity index is 1340. The van der Waals surface area contributed by atoms with E-state index in [0.717, 1.165) is 11.0 Å². The number of aryl methyl sites for hydroxylation is 1. The molecule has 4 aromatic rings. The van der Waals surface area contributed by atoms with E-state index in [-0.39, 0.29) is 36.1 Å². The van der Waals surface area contributed by atoms with Crippen LogP contribution in [-0.2, 0) is 11.3 Å². The standard InChI is InChI=1S/C24H23N3O6/c1-13-9-19(29)23(31)24(33-13)15(14-7-8-18(28)20(10-14)32-2)11-22(30)25-12-21-26-16-5-3-4-6-17(16)27-21/h3-10,15,28,31H,11-12H2,1-2H3,(H,25,30)(H,26,27)/t15-/m1/s1. The number of aromatic amines is 1. The van der Waals surface area contributed by atoms with Crippen LogP contribution in [0.25, 0.3) is 11.0 Å². The fourth-order valence-electron chi connectivity index (χ4n) is 3.66. The summed E-state index contributed by atoms with van der Waals surface area (Å²) in [5, 5.41) is 23.2. The summed E-state index contributed by atoms with van der Waals surface area (Å²) in [6.45, 7) is 1.75. The number of carbonyl (C=O) groups is 1. The Kier molecular flexibility index (Phi) is 6.03. The van der Waals surface area contributed by atoms with Gasteiger partial charge in [0.2, 0.25) is 17.1 Å². The number of rotatable bonds is 7. The van der Waals surface area contributed by atoms with Crippen LogP contribution in [0, 0.1) is 6.92 Å². The van der Waals surface area contributed by atoms with E-state index in [1.807, 2.05) is 24.3 Å². The predicted octanol–water partition coefficient (Wildman–Crippen LogP) is 3.08. The number of amides is 1. The minimum atomic E-state index is -0.803. The van der Waals surface area contributed by atoms with E-state index in [1.54, 1.807) is 13.0 Å². The molecule has 0 spiro atoms. The smallest absolute Gasteiger partial charge is 0.227 e. The summed E-state index contributed by atoms with van der Waals surface area (Å²) in [6.07, 6.45) is -0.131. The SMILES string of the molecule is COc1cc([C@@H](CC(=O)NCc2nc3ccccc3[nH]2)c2oc(C)cc(=O)c2O)ccc1O. The van der Waals surface area contributed by atoms with Crippen LogP contribution in [0.2, 0.25) is 0 Å². The van der Waals surface area contributed by atoms with Crippen LogP contribution in [-0.4, -0.2) is 33.2 Å². The van der Waals surface area contributed by atoms with E-state index in [0.29, 0.717) is 17.1 Å². The van der Waals surface area contributed by atoms with Gasteiger partial charge < -0.3 is 29.7 Å². The number of hydrogen-bond acceptors (Lipinski definition) is 7. The van der Waals surface area contributed by atoms with E-state index < -0.39 is 17.1 Å². The molecule has 0 aliphatic carbocycles. The van der Waals surface area contributed by atoms with Crippen molar-refractivity contribution in [2.24, 2.45) is 0 Å². The van der Waals surface area contributed by atoms with Crippen LogP contribution in [0.15, 0.2) is 57.7 Å². The van der Waals surface area contributed by atoms with Gasteiger partial charge in [0.15, 0.2) is 17.3 Å². The Hall–Kier alpha value is -4.27. The van der Waals surface area contributed by atoms with Crippen LogP contribution in [0.5, 0.6) is 17.2 Å². The molecule has 0 aliphatic heterocycles. The van der Waals surface area contributed by atoms with Gasteiger partial charge in [0.25, 0.3) is 0 Å². The quantitative estimate of drug-likeness (QED) is 0.340. The van der Waals surface area contributed by atoms with Crippen molar-refractivity contribution in [2.75, 3.05) is 7.11 Å². The molecule has 170 valence electrons. The van der Waals surface area contributed by atoms with Crippen molar-refractivity contribution in [1.82, 2.24) is 15.3 Å². The number of nitrogens with one attached hydrogen (secondary N) is 2. The fourth-order valence-corrected chi connectivity index (χ4v) is 3.66. The van der Waals surface area contributed by atoms with Crippen LogP contribution in [0.3, 0.4) is 0 Å². The Morgan fingerprint density at radius 1 is 1.21 bits per heavy atom. The molecule has 1 atom stereocenters. The van der Waals surface area contributed by atoms with E-state index in [1.165, 1.54) is 25.3 Å². The molecule has 9 heteroatoms. The first kappa shape index (κ1) is 21.9. The molecule has 4 N–H and O–H groups in total. The Balaban J connectivity index is 1.62. The lowest BCUT2D eigenvalue weighted by Crippen LogP contribution is -2.26. The molecule has 2 aromatic heterocycles. The highest BCUT2D eigenvalue weighted by Gasteiger charge is 2.26. The van der Waals surface area contributed by atoms with Crippen molar-refractivity contribution in [3.8, 4) is 17.2 Å². The summed E-state index contributed by atoms with van der Waals surface area (Å²) in [4.78, 5) is 32.6. The number of nitrogens with zero attached hydrogens (tertiary/aromatic N) is 1. The van der Waals surface area contributed by atoms with Gasteiger partial charge in [-0.05, 0) is 36.8 Å². The zero-order valence-corrected chi connectivity index (χ0v) is 18.1. The number of phenolic OH excluding ortho intramolecular Hbond substituents is 1. The maximum atomic E-state index is 12.9. The highest BCUT2D eigenvalue weighted by Crippen LogP contribution is 2.37. The van der Waals surface area contributed by atoms with Gasteiger partial charge in [0.05, 0.1) is 30.6 Å². The Morgan fingerprint density at radius 2 is 2.00 bits per heavy atom. The third-order valence-electron chi connectivity index (χ3n) is 5.28. The second-order valence-corrected chi connectivity index (χ2v) is 7.60. The average Bonchev–Trinajstić information content (AvgIpc) is 3.22. The van der Waals surface area contributed by atoms with Crippen LogP contribution >= 0.6 is 0 Å². The molecule has 4 rings (SSSR count). The molecule has 2 heterocycles. The number of benzene rings is 2. The van der Waals surface area contributed by atoms with E-state index in [9.17, 15) is 19.8 Å². The summed E-state index contributed by atoms with van der Waals surface area (Å²) < 4.78 is 10.8. The number of imidazole rings is 1. The highest BCUT2D eigenvalue weighted by molar-refractivity contribution is 5.78. The number of fused-ring (bicyclic) bond motifs is 1. The number of phenols is 1. The zero-order valence-electron chi connectivity index (χ0n) is 18.1. The van der Waals surface area contributed by atoms with Gasteiger partial charge in [-0.15, -0.1) is 0 Å². The summed E-state index contributed by atoms with van der Waals surface area (Å²) in [7, 11) is 1.40. The largest absolute Gasteiger partial charge is 0.504 e. The van der Waals surface area contributed by atoms with Crippen molar-refractivity contribution in [2.45, 2.75) is 25.8 Å². The first-order chi connectivity index (χ1) is 15.9. The zero-order chi connectivity index (χ0) is 23.5. The van der Waals surface area contributed by atoms with Crippen molar-refractivity contribution in [3.63, 3.8) is 0 Å². The van der Waals surface area contributed by atoms with Gasteiger partial charge in [-0.1, -0.05) is 18.2 Å². The normalized spacial score (nSPS) is 11.9. The maximum Gasteiger partial charge on any atom is 0.227 e. The lowest BCUT2D eigenvalue weighted by atomic mass is 9.91. The molecule has 0 aliphatic rings. The van der Waals surface area contributed by atoms with E-state index in [4.69, 9.17) is 9.15 Å². The molecule has 2 aromatic carbocycles. The molecule has 0 radical (unpaired) electrons. The molecule has 0 saturated heterocycles. The van der Waals surface area contributed by atoms with Gasteiger partial charge in [0, 0.05) is 12.5 Å². The lowest BCUT2D eigenvalue weighted by molar-refractivity contribution is -0.121. The summed E-state index contributed by atoms with van der Waals surface area (Å²) in [5.41, 5.74) is 1.57. The monoisotopic (exact) mass is 449 g/mol. The van der Waals surface area contributed by atoms with Gasteiger partial charge in [0.1, 0.15) is 11.6 Å². The van der Waals surface area contributed by atoms with Gasteiger partial charge in [-0.3, -0.25) is 9.59 Å². The van der Waals surface area contributed by atoms with Crippen molar-refractivity contribution < 1.29 is 24.2 Å². The van der Waals surface area contributed by atoms with Gasteiger partial charge in [-0.2, -0.15) is 0 Å². The molecular formula is C24H23N3O6. The minimum absolute atomic E-state index is 0.0355. The lowest BCUT2D eigenvalue weighted by Gasteiger charge is -2.18. The molecule has 0 bridgehead atoms. The third kappa shape index (κ3) is 4.67. The molecule has 33 heavy (non-hydrogen) atoms. The summed E-state index contributed by atoms with van der Waals surface area (Å²) in [6, 6.07) is 13.2. The minimum Gasteiger partial charge on any atom is -0.504 e. The highest BCUT2D eigenvalue weighted by atomic mass is 16.5. The number of H-pyrrole nitrogens is 1. The molecule has 1 amide bonds. The second-order valence-electron chi connectivity index (χ2n) is 7.60. The first-order valence-electron chi connectivity index (χ1n) is 10.3. The molecule has 9 nitrogen and oxygen atoms in total. The number of carbonyl (C=O) groups excluding carboxylic acids is 1. The number of aromatic hydroxyl groups is 2. The van der Waals surface area contributed by atoms with E-state index >= 15 is 0 Å². The van der Waals surface area contributed by atoms with E-state index in [2.05, 4.69) is 15.3 Å². The van der Waals surface area contributed by atoms with Crippen molar-refractivity contribution in [3.05, 3.63) is 81.7 Å². The predicted molar refractivity (Wildman–Crippen MR) is 120 cm³/mol. The Morgan fingerprint density at radius 3 is 2.76 bits per heavy atom. The number of ether oxygens (including phenoxy) is 1. The van der Waals surface area contributed by atoms with Crippen LogP contribution in [0.4, 0.5) is 0 Å². The van der Waals surface area contributed by atoms with Gasteiger partial charge >= 0.3 is 0 Å². The average molecular weight is 449 g/mol. The first-order valence-corrected chi connectivity index (χ1v) is 10.3. The number of methoxy groups -OCH3 is 1. The summed E-state index contributed by atoms with van der Waals surface area (Å²) in [5.74, 6) is -0.754. The maximum absolute atomic E-state index is 12.9. The molecule has 0 fully saturated rings. The fraction of sp³-hybridized carbons (Fsp3) is 0.208. The van der Waals surface area contributed by atoms with Crippen LogP contribution in [0.1, 0.15) is 35.2 Å². The number of aromatic nitrogens is 2. The van der Waals surface area contributed by atoms with Crippen LogP contribution < -0.4 is 15.5 Å².